The highest BCUT2D eigenvalue weighted by atomic mass is 32.2. The van der Waals surface area contributed by atoms with Crippen LogP contribution in [-0.4, -0.2) is 35.4 Å². The van der Waals surface area contributed by atoms with Gasteiger partial charge >= 0.3 is 6.03 Å². The lowest BCUT2D eigenvalue weighted by Gasteiger charge is -2.24. The fourth-order valence-corrected chi connectivity index (χ4v) is 6.02. The van der Waals surface area contributed by atoms with Crippen molar-refractivity contribution in [1.82, 2.24) is 15.3 Å². The van der Waals surface area contributed by atoms with Gasteiger partial charge in [0.1, 0.15) is 0 Å². The van der Waals surface area contributed by atoms with Gasteiger partial charge in [0.25, 0.3) is 0 Å². The molecule has 1 fully saturated rings. The standard InChI is InChI=1S/C28H32N4O2S/c1-4-35-21-9-7-20(8-10-21)16-30-27(33)32-18-28(13-5-6-14-28)26-24(32)12-11-23(31-26)22-17-29-25(34-3)15-19(22)2/h7-12,15,17H,4-6,13-14,16,18H2,1-3H3,(H,30,33). The first-order valence-electron chi connectivity index (χ1n) is 12.3. The summed E-state index contributed by atoms with van der Waals surface area (Å²) < 4.78 is 5.26. The maximum absolute atomic E-state index is 13.3. The molecule has 1 saturated carbocycles. The van der Waals surface area contributed by atoms with Crippen molar-refractivity contribution in [3.63, 3.8) is 0 Å². The molecular weight excluding hydrogens is 456 g/mol. The maximum Gasteiger partial charge on any atom is 0.322 e. The van der Waals surface area contributed by atoms with Gasteiger partial charge in [0.05, 0.1) is 24.2 Å². The van der Waals surface area contributed by atoms with E-state index in [1.807, 2.05) is 41.9 Å². The van der Waals surface area contributed by atoms with Gasteiger partial charge < -0.3 is 10.1 Å². The first kappa shape index (κ1) is 23.7. The summed E-state index contributed by atoms with van der Waals surface area (Å²) in [6.07, 6.45) is 6.30. The van der Waals surface area contributed by atoms with Gasteiger partial charge in [-0.2, -0.15) is 0 Å². The largest absolute Gasteiger partial charge is 0.481 e. The van der Waals surface area contributed by atoms with Crippen LogP contribution >= 0.6 is 11.8 Å². The number of benzene rings is 1. The van der Waals surface area contributed by atoms with Crippen LogP contribution in [0.1, 0.15) is 49.4 Å². The van der Waals surface area contributed by atoms with Crippen molar-refractivity contribution in [2.75, 3.05) is 24.3 Å². The Balaban J connectivity index is 1.39. The fourth-order valence-electron chi connectivity index (χ4n) is 5.35. The highest BCUT2D eigenvalue weighted by molar-refractivity contribution is 7.99. The van der Waals surface area contributed by atoms with Crippen LogP contribution in [0.5, 0.6) is 5.88 Å². The SMILES string of the molecule is CCSc1ccc(CNC(=O)N2CC3(CCCC3)c3nc(-c4cnc(OC)cc4C)ccc32)cc1. The van der Waals surface area contributed by atoms with E-state index < -0.39 is 0 Å². The van der Waals surface area contributed by atoms with E-state index in [1.54, 1.807) is 7.11 Å². The van der Waals surface area contributed by atoms with Crippen LogP contribution in [0, 0.1) is 6.92 Å². The van der Waals surface area contributed by atoms with Gasteiger partial charge in [0.2, 0.25) is 5.88 Å². The van der Waals surface area contributed by atoms with E-state index in [0.717, 1.165) is 52.4 Å². The summed E-state index contributed by atoms with van der Waals surface area (Å²) in [7, 11) is 1.62. The lowest BCUT2D eigenvalue weighted by Crippen LogP contribution is -2.41. The van der Waals surface area contributed by atoms with E-state index in [2.05, 4.69) is 47.6 Å². The average Bonchev–Trinajstić information content (AvgIpc) is 3.48. The topological polar surface area (TPSA) is 67.4 Å². The monoisotopic (exact) mass is 488 g/mol. The molecule has 3 aromatic rings. The van der Waals surface area contributed by atoms with E-state index in [4.69, 9.17) is 9.72 Å². The van der Waals surface area contributed by atoms with Gasteiger partial charge in [-0.05, 0) is 60.9 Å². The second kappa shape index (κ2) is 9.90. The van der Waals surface area contributed by atoms with Crippen LogP contribution in [0.25, 0.3) is 11.3 Å². The summed E-state index contributed by atoms with van der Waals surface area (Å²) in [5.74, 6) is 1.65. The number of methoxy groups -OCH3 is 1. The van der Waals surface area contributed by atoms with Crippen LogP contribution in [0.15, 0.2) is 53.6 Å². The number of anilines is 1. The number of thioether (sulfide) groups is 1. The first-order valence-corrected chi connectivity index (χ1v) is 13.3. The second-order valence-electron chi connectivity index (χ2n) is 9.42. The molecule has 7 heteroatoms. The number of nitrogens with zero attached hydrogens (tertiary/aromatic N) is 3. The zero-order valence-electron chi connectivity index (χ0n) is 20.6. The Morgan fingerprint density at radius 2 is 1.94 bits per heavy atom. The summed E-state index contributed by atoms with van der Waals surface area (Å²) in [6.45, 7) is 5.40. The molecule has 0 unspecified atom stereocenters. The van der Waals surface area contributed by atoms with E-state index in [1.165, 1.54) is 17.7 Å². The van der Waals surface area contributed by atoms with Crippen LogP contribution in [0.2, 0.25) is 0 Å². The normalized spacial score (nSPS) is 15.9. The minimum atomic E-state index is -0.0600. The molecule has 2 aliphatic rings. The molecule has 5 rings (SSSR count). The van der Waals surface area contributed by atoms with Crippen molar-refractivity contribution >= 4 is 23.5 Å². The number of rotatable bonds is 6. The highest BCUT2D eigenvalue weighted by Crippen LogP contribution is 2.50. The number of urea groups is 1. The van der Waals surface area contributed by atoms with Crippen molar-refractivity contribution in [2.24, 2.45) is 0 Å². The number of carbonyl (C=O) groups is 1. The molecule has 2 amide bonds. The predicted molar refractivity (Wildman–Crippen MR) is 141 cm³/mol. The number of carbonyl (C=O) groups excluding carboxylic acids is 1. The average molecular weight is 489 g/mol. The smallest absolute Gasteiger partial charge is 0.322 e. The van der Waals surface area contributed by atoms with Gasteiger partial charge in [0, 0.05) is 41.2 Å². The fraction of sp³-hybridized carbons (Fsp3) is 0.393. The Bertz CT molecular complexity index is 1220. The molecule has 1 aliphatic heterocycles. The molecule has 182 valence electrons. The third-order valence-corrected chi connectivity index (χ3v) is 8.08. The Kier molecular flexibility index (Phi) is 6.69. The Morgan fingerprint density at radius 3 is 2.63 bits per heavy atom. The predicted octanol–water partition coefficient (Wildman–Crippen LogP) is 6.11. The number of hydrogen-bond donors (Lipinski definition) is 1. The number of amides is 2. The summed E-state index contributed by atoms with van der Waals surface area (Å²) in [6, 6.07) is 14.4. The van der Waals surface area contributed by atoms with Gasteiger partial charge in [0.15, 0.2) is 0 Å². The van der Waals surface area contributed by atoms with E-state index in [0.29, 0.717) is 19.0 Å². The number of aryl methyl sites for hydroxylation is 1. The van der Waals surface area contributed by atoms with Crippen molar-refractivity contribution in [3.8, 4) is 17.1 Å². The molecule has 3 heterocycles. The highest BCUT2D eigenvalue weighted by Gasteiger charge is 2.47. The summed E-state index contributed by atoms with van der Waals surface area (Å²) in [4.78, 5) is 26.0. The number of fused-ring (bicyclic) bond motifs is 2. The minimum Gasteiger partial charge on any atom is -0.481 e. The molecule has 0 radical (unpaired) electrons. The zero-order chi connectivity index (χ0) is 24.4. The molecular formula is C28H32N4O2S. The number of nitrogens with one attached hydrogen (secondary N) is 1. The van der Waals surface area contributed by atoms with Crippen molar-refractivity contribution in [2.45, 2.75) is 56.4 Å². The van der Waals surface area contributed by atoms with Crippen molar-refractivity contribution in [3.05, 3.63) is 65.5 Å². The van der Waals surface area contributed by atoms with Crippen LogP contribution in [0.3, 0.4) is 0 Å². The van der Waals surface area contributed by atoms with E-state index in [-0.39, 0.29) is 11.4 Å². The number of ether oxygens (including phenoxy) is 1. The molecule has 35 heavy (non-hydrogen) atoms. The Labute approximate surface area is 211 Å². The Hall–Kier alpha value is -3.06. The van der Waals surface area contributed by atoms with Crippen LogP contribution in [-0.2, 0) is 12.0 Å². The third-order valence-electron chi connectivity index (χ3n) is 7.18. The van der Waals surface area contributed by atoms with Crippen LogP contribution < -0.4 is 15.0 Å². The van der Waals surface area contributed by atoms with Gasteiger partial charge in [-0.1, -0.05) is 31.9 Å². The maximum atomic E-state index is 13.3. The molecule has 2 aromatic heterocycles. The second-order valence-corrected chi connectivity index (χ2v) is 10.8. The molecule has 1 aromatic carbocycles. The van der Waals surface area contributed by atoms with E-state index in [9.17, 15) is 4.79 Å². The zero-order valence-corrected chi connectivity index (χ0v) is 21.5. The van der Waals surface area contributed by atoms with Gasteiger partial charge in [-0.15, -0.1) is 11.8 Å². The number of aromatic nitrogens is 2. The van der Waals surface area contributed by atoms with Gasteiger partial charge in [-0.25, -0.2) is 14.8 Å². The van der Waals surface area contributed by atoms with Crippen molar-refractivity contribution < 1.29 is 9.53 Å². The molecule has 1 N–H and O–H groups in total. The quantitative estimate of drug-likeness (QED) is 0.424. The minimum absolute atomic E-state index is 0.0566. The molecule has 0 saturated heterocycles. The van der Waals surface area contributed by atoms with Gasteiger partial charge in [-0.3, -0.25) is 4.90 Å². The molecule has 0 bridgehead atoms. The Morgan fingerprint density at radius 1 is 1.17 bits per heavy atom. The lowest BCUT2D eigenvalue weighted by molar-refractivity contribution is 0.245. The molecule has 0 atom stereocenters. The van der Waals surface area contributed by atoms with E-state index >= 15 is 0 Å². The van der Waals surface area contributed by atoms with Crippen LogP contribution in [0.4, 0.5) is 10.5 Å². The number of pyridine rings is 2. The summed E-state index contributed by atoms with van der Waals surface area (Å²) in [5, 5.41) is 3.14. The lowest BCUT2D eigenvalue weighted by atomic mass is 9.84. The first-order chi connectivity index (χ1) is 17.0. The molecule has 6 nitrogen and oxygen atoms in total. The number of hydrogen-bond acceptors (Lipinski definition) is 5. The third kappa shape index (κ3) is 4.61. The summed E-state index contributed by atoms with van der Waals surface area (Å²) in [5.41, 5.74) is 5.99. The molecule has 1 spiro atoms. The molecule has 1 aliphatic carbocycles. The summed E-state index contributed by atoms with van der Waals surface area (Å²) >= 11 is 1.82. The van der Waals surface area contributed by atoms with Crippen molar-refractivity contribution in [1.29, 1.82) is 0 Å².